The fourth-order valence-corrected chi connectivity index (χ4v) is 1.33. The van der Waals surface area contributed by atoms with Gasteiger partial charge in [-0.05, 0) is 12.1 Å². The maximum absolute atomic E-state index is 11.0. The summed E-state index contributed by atoms with van der Waals surface area (Å²) in [6.45, 7) is 0. The summed E-state index contributed by atoms with van der Waals surface area (Å²) in [6, 6.07) is 4.55. The van der Waals surface area contributed by atoms with Crippen molar-refractivity contribution in [2.45, 2.75) is 6.42 Å². The van der Waals surface area contributed by atoms with E-state index in [-0.39, 0.29) is 15.8 Å². The van der Waals surface area contributed by atoms with Gasteiger partial charge in [-0.15, -0.1) is 0 Å². The molecule has 1 aromatic carbocycles. The first kappa shape index (κ1) is 11.8. The van der Waals surface area contributed by atoms with Gasteiger partial charge < -0.3 is 9.84 Å². The number of carboxylic acid groups (broad SMARTS) is 1. The largest absolute Gasteiger partial charge is 0.481 e. The zero-order valence-corrected chi connectivity index (χ0v) is 8.88. The molecular weight excluding hydrogens is 243 g/mol. The topological polar surface area (TPSA) is 63.6 Å². The Labute approximate surface area is 95.4 Å². The van der Waals surface area contributed by atoms with Gasteiger partial charge in [0.25, 0.3) is 0 Å². The average molecular weight is 249 g/mol. The molecule has 1 rings (SSSR count). The molecule has 0 bridgehead atoms. The molecule has 0 spiro atoms. The number of carbonyl (C=O) groups excluding carboxylic acids is 1. The standard InChI is InChI=1S/C9H6Cl2O4/c10-5-2-1-3-6(11)9(5)15-8(14)4-7(12)13/h1-3H,4H2,(H,12,13). The number of halogens is 2. The Morgan fingerprint density at radius 2 is 1.80 bits per heavy atom. The maximum atomic E-state index is 11.0. The second kappa shape index (κ2) is 5.00. The van der Waals surface area contributed by atoms with Crippen LogP contribution in [0.3, 0.4) is 0 Å². The Bertz CT molecular complexity index is 383. The van der Waals surface area contributed by atoms with Crippen molar-refractivity contribution >= 4 is 35.1 Å². The third kappa shape index (κ3) is 3.42. The molecule has 0 aliphatic rings. The molecule has 6 heteroatoms. The normalized spacial score (nSPS) is 9.73. The fourth-order valence-electron chi connectivity index (χ4n) is 0.853. The molecule has 4 nitrogen and oxygen atoms in total. The highest BCUT2D eigenvalue weighted by Crippen LogP contribution is 2.32. The van der Waals surface area contributed by atoms with Gasteiger partial charge in [0.1, 0.15) is 6.42 Å². The molecule has 0 radical (unpaired) electrons. The minimum Gasteiger partial charge on any atom is -0.481 e. The van der Waals surface area contributed by atoms with Gasteiger partial charge >= 0.3 is 11.9 Å². The molecule has 15 heavy (non-hydrogen) atoms. The summed E-state index contributed by atoms with van der Waals surface area (Å²) in [5, 5.41) is 8.64. The lowest BCUT2D eigenvalue weighted by atomic mass is 10.3. The highest BCUT2D eigenvalue weighted by Gasteiger charge is 2.14. The quantitative estimate of drug-likeness (QED) is 0.507. The molecule has 0 atom stereocenters. The molecule has 0 aliphatic heterocycles. The zero-order chi connectivity index (χ0) is 11.4. The maximum Gasteiger partial charge on any atom is 0.322 e. The number of esters is 1. The molecule has 0 unspecified atom stereocenters. The summed E-state index contributed by atoms with van der Waals surface area (Å²) in [5.41, 5.74) is 0. The van der Waals surface area contributed by atoms with Gasteiger partial charge in [0.15, 0.2) is 5.75 Å². The van der Waals surface area contributed by atoms with Crippen molar-refractivity contribution in [2.75, 3.05) is 0 Å². The highest BCUT2D eigenvalue weighted by molar-refractivity contribution is 6.37. The van der Waals surface area contributed by atoms with Crippen LogP contribution in [0.2, 0.25) is 10.0 Å². The number of benzene rings is 1. The average Bonchev–Trinajstić information content (AvgIpc) is 2.10. The van der Waals surface area contributed by atoms with Crippen LogP contribution in [0.25, 0.3) is 0 Å². The molecular formula is C9H6Cl2O4. The van der Waals surface area contributed by atoms with Crippen molar-refractivity contribution in [1.82, 2.24) is 0 Å². The lowest BCUT2D eigenvalue weighted by Crippen LogP contribution is -2.13. The number of aliphatic carboxylic acids is 1. The van der Waals surface area contributed by atoms with Crippen LogP contribution in [0, 0.1) is 0 Å². The fraction of sp³-hybridized carbons (Fsp3) is 0.111. The van der Waals surface area contributed by atoms with E-state index in [1.165, 1.54) is 12.1 Å². The number of hydrogen-bond donors (Lipinski definition) is 1. The van der Waals surface area contributed by atoms with Crippen LogP contribution >= 0.6 is 23.2 Å². The zero-order valence-electron chi connectivity index (χ0n) is 7.37. The number of carboxylic acids is 1. The first-order valence-corrected chi connectivity index (χ1v) is 4.63. The van der Waals surface area contributed by atoms with Gasteiger partial charge in [0.05, 0.1) is 10.0 Å². The Balaban J connectivity index is 2.80. The van der Waals surface area contributed by atoms with Crippen LogP contribution in [0.5, 0.6) is 5.75 Å². The smallest absolute Gasteiger partial charge is 0.322 e. The van der Waals surface area contributed by atoms with Gasteiger partial charge in [0.2, 0.25) is 0 Å². The van der Waals surface area contributed by atoms with Crippen LogP contribution in [0.4, 0.5) is 0 Å². The summed E-state index contributed by atoms with van der Waals surface area (Å²) in [6.07, 6.45) is -0.735. The molecule has 0 aromatic heterocycles. The van der Waals surface area contributed by atoms with Gasteiger partial charge in [-0.2, -0.15) is 0 Å². The van der Waals surface area contributed by atoms with Crippen molar-refractivity contribution in [3.05, 3.63) is 28.2 Å². The molecule has 0 heterocycles. The first-order valence-electron chi connectivity index (χ1n) is 3.87. The monoisotopic (exact) mass is 248 g/mol. The lowest BCUT2D eigenvalue weighted by molar-refractivity contribution is -0.145. The second-order valence-corrected chi connectivity index (χ2v) is 3.41. The van der Waals surface area contributed by atoms with Gasteiger partial charge in [-0.25, -0.2) is 0 Å². The summed E-state index contributed by atoms with van der Waals surface area (Å²) >= 11 is 11.4. The molecule has 1 N–H and O–H groups in total. The molecule has 0 saturated carbocycles. The van der Waals surface area contributed by atoms with Crippen LogP contribution in [-0.2, 0) is 9.59 Å². The van der Waals surface area contributed by atoms with E-state index < -0.39 is 18.4 Å². The molecule has 80 valence electrons. The van der Waals surface area contributed by atoms with E-state index in [4.69, 9.17) is 33.0 Å². The van der Waals surface area contributed by atoms with Crippen LogP contribution in [0.1, 0.15) is 6.42 Å². The number of rotatable bonds is 3. The molecule has 1 aromatic rings. The van der Waals surface area contributed by atoms with E-state index in [1.54, 1.807) is 6.07 Å². The Morgan fingerprint density at radius 3 is 2.27 bits per heavy atom. The van der Waals surface area contributed by atoms with Crippen molar-refractivity contribution in [2.24, 2.45) is 0 Å². The molecule has 0 amide bonds. The van der Waals surface area contributed by atoms with E-state index in [9.17, 15) is 9.59 Å². The third-order valence-corrected chi connectivity index (χ3v) is 2.03. The summed E-state index contributed by atoms with van der Waals surface area (Å²) in [7, 11) is 0. The van der Waals surface area contributed by atoms with Gasteiger partial charge in [-0.1, -0.05) is 29.3 Å². The van der Waals surface area contributed by atoms with Crippen LogP contribution in [0.15, 0.2) is 18.2 Å². The third-order valence-electron chi connectivity index (χ3n) is 1.43. The Hall–Kier alpha value is -1.26. The van der Waals surface area contributed by atoms with Crippen molar-refractivity contribution < 1.29 is 19.4 Å². The van der Waals surface area contributed by atoms with Crippen molar-refractivity contribution in [1.29, 1.82) is 0 Å². The van der Waals surface area contributed by atoms with Gasteiger partial charge in [-0.3, -0.25) is 9.59 Å². The Morgan fingerprint density at radius 1 is 1.27 bits per heavy atom. The van der Waals surface area contributed by atoms with E-state index in [0.717, 1.165) is 0 Å². The lowest BCUT2D eigenvalue weighted by Gasteiger charge is -2.06. The molecule has 0 aliphatic carbocycles. The van der Waals surface area contributed by atoms with Gasteiger partial charge in [0, 0.05) is 0 Å². The predicted molar refractivity (Wildman–Crippen MR) is 54.3 cm³/mol. The van der Waals surface area contributed by atoms with Crippen LogP contribution in [-0.4, -0.2) is 17.0 Å². The number of para-hydroxylation sites is 1. The second-order valence-electron chi connectivity index (χ2n) is 2.60. The van der Waals surface area contributed by atoms with E-state index >= 15 is 0 Å². The first-order chi connectivity index (χ1) is 7.00. The summed E-state index contributed by atoms with van der Waals surface area (Å²) in [5.74, 6) is -2.22. The Kier molecular flexibility index (Phi) is 3.94. The highest BCUT2D eigenvalue weighted by atomic mass is 35.5. The summed E-state index contributed by atoms with van der Waals surface area (Å²) < 4.78 is 4.70. The van der Waals surface area contributed by atoms with E-state index in [1.807, 2.05) is 0 Å². The number of carbonyl (C=O) groups is 2. The molecule has 0 fully saturated rings. The van der Waals surface area contributed by atoms with Crippen LogP contribution < -0.4 is 4.74 Å². The number of hydrogen-bond acceptors (Lipinski definition) is 3. The molecule has 0 saturated heterocycles. The number of ether oxygens (including phenoxy) is 1. The predicted octanol–water partition coefficient (Wildman–Crippen LogP) is 2.37. The van der Waals surface area contributed by atoms with E-state index in [2.05, 4.69) is 0 Å². The minimum atomic E-state index is -1.27. The summed E-state index contributed by atoms with van der Waals surface area (Å²) in [4.78, 5) is 21.2. The van der Waals surface area contributed by atoms with Crippen molar-refractivity contribution in [3.63, 3.8) is 0 Å². The van der Waals surface area contributed by atoms with E-state index in [0.29, 0.717) is 0 Å². The minimum absolute atomic E-state index is 0.0212. The SMILES string of the molecule is O=C(O)CC(=O)Oc1c(Cl)cccc1Cl. The van der Waals surface area contributed by atoms with Crippen molar-refractivity contribution in [3.8, 4) is 5.75 Å².